The Morgan fingerprint density at radius 1 is 1.21 bits per heavy atom. The second-order valence-electron chi connectivity index (χ2n) is 6.81. The predicted molar refractivity (Wildman–Crippen MR) is 108 cm³/mol. The predicted octanol–water partition coefficient (Wildman–Crippen LogP) is 2.59. The third-order valence-electron chi connectivity index (χ3n) is 5.07. The molecule has 1 aliphatic rings. The number of H-pyrrole nitrogens is 1. The van der Waals surface area contributed by atoms with Crippen molar-refractivity contribution < 1.29 is 4.79 Å². The molecule has 0 radical (unpaired) electrons. The van der Waals surface area contributed by atoms with Crippen LogP contribution in [0.4, 0.5) is 0 Å². The lowest BCUT2D eigenvalue weighted by molar-refractivity contribution is 0.0955. The van der Waals surface area contributed by atoms with Gasteiger partial charge in [-0.25, -0.2) is 10.4 Å². The molecule has 0 bridgehead atoms. The molecule has 5 rings (SSSR count). The van der Waals surface area contributed by atoms with E-state index >= 15 is 0 Å². The van der Waals surface area contributed by atoms with Crippen LogP contribution in [0.1, 0.15) is 28.2 Å². The molecule has 7 heteroatoms. The smallest absolute Gasteiger partial charge is 0.271 e. The van der Waals surface area contributed by atoms with Crippen molar-refractivity contribution in [3.05, 3.63) is 76.0 Å². The largest absolute Gasteiger partial charge is 0.361 e. The Bertz CT molecular complexity index is 1320. The maximum Gasteiger partial charge on any atom is 0.271 e. The van der Waals surface area contributed by atoms with Crippen LogP contribution in [0.25, 0.3) is 21.8 Å². The van der Waals surface area contributed by atoms with E-state index in [1.165, 1.54) is 0 Å². The number of aromatic amines is 1. The number of rotatable bonds is 3. The molecule has 0 unspecified atom stereocenters. The Hall–Kier alpha value is -3.74. The Kier molecular flexibility index (Phi) is 3.79. The highest BCUT2D eigenvalue weighted by Gasteiger charge is 2.17. The highest BCUT2D eigenvalue weighted by molar-refractivity contribution is 6.01. The van der Waals surface area contributed by atoms with Crippen molar-refractivity contribution in [1.29, 1.82) is 0 Å². The van der Waals surface area contributed by atoms with Gasteiger partial charge in [-0.2, -0.15) is 5.10 Å². The maximum absolute atomic E-state index is 12.5. The summed E-state index contributed by atoms with van der Waals surface area (Å²) in [6.45, 7) is 0.710. The van der Waals surface area contributed by atoms with Crippen molar-refractivity contribution in [3.8, 4) is 0 Å². The Labute approximate surface area is 159 Å². The van der Waals surface area contributed by atoms with Gasteiger partial charge in [-0.05, 0) is 30.7 Å². The van der Waals surface area contributed by atoms with Crippen LogP contribution in [0.5, 0.6) is 0 Å². The zero-order valence-electron chi connectivity index (χ0n) is 15.0. The number of hydrogen-bond donors (Lipinski definition) is 2. The molecule has 1 amide bonds. The third kappa shape index (κ3) is 2.68. The van der Waals surface area contributed by atoms with Crippen LogP contribution in [0.3, 0.4) is 0 Å². The number of aromatic nitrogens is 3. The van der Waals surface area contributed by atoms with Gasteiger partial charge in [0.1, 0.15) is 5.82 Å². The standard InChI is InChI=1S/C21H17N5O2/c27-20(25-23-12-14-11-22-17-5-2-1-4-15(14)17)13-7-8-16-18(10-13)24-19-6-3-9-26(19)21(16)28/h1-2,4-5,7-8,10-12,22H,3,6,9H2,(H,25,27)/b23-12+. The number of fused-ring (bicyclic) bond motifs is 3. The number of benzene rings is 2. The van der Waals surface area contributed by atoms with E-state index in [1.807, 2.05) is 30.5 Å². The monoisotopic (exact) mass is 371 g/mol. The summed E-state index contributed by atoms with van der Waals surface area (Å²) in [4.78, 5) is 32.7. The van der Waals surface area contributed by atoms with Crippen molar-refractivity contribution in [1.82, 2.24) is 20.0 Å². The second-order valence-corrected chi connectivity index (χ2v) is 6.81. The van der Waals surface area contributed by atoms with Crippen LogP contribution in [0.15, 0.2) is 58.6 Å². The zero-order valence-corrected chi connectivity index (χ0v) is 15.0. The average molecular weight is 371 g/mol. The molecule has 28 heavy (non-hydrogen) atoms. The molecule has 2 aromatic heterocycles. The molecular weight excluding hydrogens is 354 g/mol. The normalized spacial score (nSPS) is 13.4. The first-order valence-electron chi connectivity index (χ1n) is 9.14. The summed E-state index contributed by atoms with van der Waals surface area (Å²) in [5, 5.41) is 5.63. The number of carbonyl (C=O) groups excluding carboxylic acids is 1. The van der Waals surface area contributed by atoms with Crippen LogP contribution < -0.4 is 11.0 Å². The molecule has 2 aromatic carbocycles. The summed E-state index contributed by atoms with van der Waals surface area (Å²) < 4.78 is 1.72. The molecule has 1 aliphatic heterocycles. The summed E-state index contributed by atoms with van der Waals surface area (Å²) in [5.74, 6) is 0.438. The summed E-state index contributed by atoms with van der Waals surface area (Å²) in [7, 11) is 0. The molecule has 0 spiro atoms. The Morgan fingerprint density at radius 2 is 2.11 bits per heavy atom. The lowest BCUT2D eigenvalue weighted by Gasteiger charge is -2.06. The fourth-order valence-electron chi connectivity index (χ4n) is 3.65. The quantitative estimate of drug-likeness (QED) is 0.428. The molecule has 2 N–H and O–H groups in total. The molecule has 4 aromatic rings. The van der Waals surface area contributed by atoms with Gasteiger partial charge in [0.2, 0.25) is 0 Å². The van der Waals surface area contributed by atoms with E-state index in [4.69, 9.17) is 0 Å². The van der Waals surface area contributed by atoms with Gasteiger partial charge in [-0.1, -0.05) is 18.2 Å². The summed E-state index contributed by atoms with van der Waals surface area (Å²) in [5.41, 5.74) is 5.36. The molecule has 0 atom stereocenters. The van der Waals surface area contributed by atoms with Gasteiger partial charge in [0, 0.05) is 41.2 Å². The number of aryl methyl sites for hydroxylation is 1. The number of amides is 1. The summed E-state index contributed by atoms with van der Waals surface area (Å²) in [6.07, 6.45) is 5.16. The Balaban J connectivity index is 1.40. The number of hydrogen-bond acceptors (Lipinski definition) is 4. The van der Waals surface area contributed by atoms with Crippen molar-refractivity contribution in [3.63, 3.8) is 0 Å². The summed E-state index contributed by atoms with van der Waals surface area (Å²) in [6, 6.07) is 12.8. The third-order valence-corrected chi connectivity index (χ3v) is 5.07. The van der Waals surface area contributed by atoms with E-state index < -0.39 is 0 Å². The van der Waals surface area contributed by atoms with Gasteiger partial charge < -0.3 is 4.98 Å². The number of nitrogens with one attached hydrogen (secondary N) is 2. The molecular formula is C21H17N5O2. The highest BCUT2D eigenvalue weighted by Crippen LogP contribution is 2.17. The molecule has 138 valence electrons. The van der Waals surface area contributed by atoms with Gasteiger partial charge in [0.05, 0.1) is 17.1 Å². The minimum Gasteiger partial charge on any atom is -0.361 e. The van der Waals surface area contributed by atoms with Crippen molar-refractivity contribution in [2.75, 3.05) is 0 Å². The van der Waals surface area contributed by atoms with Crippen LogP contribution in [0.2, 0.25) is 0 Å². The van der Waals surface area contributed by atoms with Crippen molar-refractivity contribution in [2.45, 2.75) is 19.4 Å². The lowest BCUT2D eigenvalue weighted by Crippen LogP contribution is -2.22. The fourth-order valence-corrected chi connectivity index (χ4v) is 3.65. The van der Waals surface area contributed by atoms with E-state index in [1.54, 1.807) is 29.0 Å². The van der Waals surface area contributed by atoms with Crippen LogP contribution >= 0.6 is 0 Å². The van der Waals surface area contributed by atoms with Gasteiger partial charge in [-0.3, -0.25) is 14.2 Å². The van der Waals surface area contributed by atoms with E-state index in [-0.39, 0.29) is 11.5 Å². The molecule has 0 saturated carbocycles. The first-order chi connectivity index (χ1) is 13.7. The van der Waals surface area contributed by atoms with Gasteiger partial charge in [0.25, 0.3) is 11.5 Å². The highest BCUT2D eigenvalue weighted by atomic mass is 16.2. The number of hydrazone groups is 1. The first kappa shape index (κ1) is 16.4. The van der Waals surface area contributed by atoms with Crippen molar-refractivity contribution >= 4 is 33.9 Å². The van der Waals surface area contributed by atoms with Crippen molar-refractivity contribution in [2.24, 2.45) is 5.10 Å². The maximum atomic E-state index is 12.5. The van der Waals surface area contributed by atoms with Gasteiger partial charge in [-0.15, -0.1) is 0 Å². The molecule has 3 heterocycles. The minimum absolute atomic E-state index is 0.0400. The van der Waals surface area contributed by atoms with Crippen LogP contribution in [0, 0.1) is 0 Å². The molecule has 0 saturated heterocycles. The fraction of sp³-hybridized carbons (Fsp3) is 0.143. The Morgan fingerprint density at radius 3 is 3.04 bits per heavy atom. The molecule has 0 fully saturated rings. The van der Waals surface area contributed by atoms with Crippen LogP contribution in [-0.4, -0.2) is 26.7 Å². The summed E-state index contributed by atoms with van der Waals surface area (Å²) >= 11 is 0. The number of carbonyl (C=O) groups is 1. The van der Waals surface area contributed by atoms with E-state index in [2.05, 4.69) is 20.5 Å². The first-order valence-corrected chi connectivity index (χ1v) is 9.14. The van der Waals surface area contributed by atoms with E-state index in [9.17, 15) is 9.59 Å². The lowest BCUT2D eigenvalue weighted by atomic mass is 10.1. The zero-order chi connectivity index (χ0) is 19.1. The van der Waals surface area contributed by atoms with E-state index in [0.717, 1.165) is 35.1 Å². The SMILES string of the molecule is O=C(N/N=C/c1c[nH]c2ccccc12)c1ccc2c(=O)n3c(nc2c1)CCC3. The average Bonchev–Trinajstić information content (AvgIpc) is 3.35. The number of nitrogens with zero attached hydrogens (tertiary/aromatic N) is 3. The molecule has 0 aliphatic carbocycles. The topological polar surface area (TPSA) is 92.1 Å². The van der Waals surface area contributed by atoms with Gasteiger partial charge in [0.15, 0.2) is 0 Å². The number of para-hydroxylation sites is 1. The van der Waals surface area contributed by atoms with Crippen LogP contribution in [-0.2, 0) is 13.0 Å². The second kappa shape index (κ2) is 6.45. The minimum atomic E-state index is -0.347. The van der Waals surface area contributed by atoms with Gasteiger partial charge >= 0.3 is 0 Å². The van der Waals surface area contributed by atoms with E-state index in [0.29, 0.717) is 23.0 Å². The molecule has 7 nitrogen and oxygen atoms in total.